The minimum atomic E-state index is 0.0514. The molecule has 0 aliphatic rings. The van der Waals surface area contributed by atoms with Crippen molar-refractivity contribution in [2.45, 2.75) is 20.4 Å². The Kier molecular flexibility index (Phi) is 4.81. The maximum atomic E-state index is 12.4. The van der Waals surface area contributed by atoms with Crippen molar-refractivity contribution in [1.82, 2.24) is 4.90 Å². The first-order valence-electron chi connectivity index (χ1n) is 6.90. The van der Waals surface area contributed by atoms with Crippen LogP contribution in [-0.4, -0.2) is 31.4 Å². The van der Waals surface area contributed by atoms with Crippen LogP contribution in [0.4, 0.5) is 0 Å². The molecule has 0 spiro atoms. The highest BCUT2D eigenvalue weighted by Gasteiger charge is 2.15. The van der Waals surface area contributed by atoms with Crippen LogP contribution < -0.4 is 4.74 Å². The molecule has 0 aliphatic carbocycles. The van der Waals surface area contributed by atoms with E-state index >= 15 is 0 Å². The van der Waals surface area contributed by atoms with Crippen molar-refractivity contribution in [3.63, 3.8) is 0 Å². The zero-order valence-electron chi connectivity index (χ0n) is 13.0. The molecule has 0 bridgehead atoms. The number of likely N-dealkylation sites (N-methyl/N-ethyl adjacent to an activating group) is 1. The second-order valence-electron chi connectivity index (χ2n) is 5.30. The number of benzene rings is 1. The van der Waals surface area contributed by atoms with E-state index in [1.807, 2.05) is 50.1 Å². The molecule has 0 saturated carbocycles. The van der Waals surface area contributed by atoms with Crippen LogP contribution in [0.5, 0.6) is 5.75 Å². The molecule has 2 aromatic rings. The average molecular weight is 287 g/mol. The molecule has 0 unspecified atom stereocenters. The molecule has 21 heavy (non-hydrogen) atoms. The van der Waals surface area contributed by atoms with Crippen molar-refractivity contribution >= 4 is 5.78 Å². The number of carbonyl (C=O) groups is 1. The van der Waals surface area contributed by atoms with Gasteiger partial charge in [-0.15, -0.1) is 0 Å². The lowest BCUT2D eigenvalue weighted by atomic mass is 10.1. The summed E-state index contributed by atoms with van der Waals surface area (Å²) < 4.78 is 10.6. The number of ketones is 1. The summed E-state index contributed by atoms with van der Waals surface area (Å²) >= 11 is 0. The normalized spacial score (nSPS) is 10.9. The molecule has 0 fully saturated rings. The summed E-state index contributed by atoms with van der Waals surface area (Å²) in [5, 5.41) is 0. The van der Waals surface area contributed by atoms with Gasteiger partial charge in [0.25, 0.3) is 0 Å². The maximum Gasteiger partial charge on any atom is 0.180 e. The van der Waals surface area contributed by atoms with E-state index in [1.54, 1.807) is 13.4 Å². The smallest absolute Gasteiger partial charge is 0.180 e. The Hall–Kier alpha value is -2.07. The van der Waals surface area contributed by atoms with E-state index < -0.39 is 0 Å². The fourth-order valence-corrected chi connectivity index (χ4v) is 2.28. The van der Waals surface area contributed by atoms with Gasteiger partial charge in [-0.2, -0.15) is 0 Å². The zero-order valence-corrected chi connectivity index (χ0v) is 13.0. The number of Topliss-reactive ketones (excluding diaryl/α,β-unsaturated/α-hetero) is 1. The largest absolute Gasteiger partial charge is 0.496 e. The van der Waals surface area contributed by atoms with Crippen LogP contribution in [0.25, 0.3) is 0 Å². The summed E-state index contributed by atoms with van der Waals surface area (Å²) in [5.41, 5.74) is 2.80. The topological polar surface area (TPSA) is 42.7 Å². The van der Waals surface area contributed by atoms with Crippen molar-refractivity contribution in [3.05, 3.63) is 53.0 Å². The molecule has 1 aromatic heterocycles. The van der Waals surface area contributed by atoms with Crippen LogP contribution >= 0.6 is 0 Å². The lowest BCUT2D eigenvalue weighted by molar-refractivity contribution is 0.0939. The van der Waals surface area contributed by atoms with Crippen LogP contribution in [0, 0.1) is 13.8 Å². The van der Waals surface area contributed by atoms with Crippen LogP contribution in [-0.2, 0) is 6.54 Å². The Morgan fingerprint density at radius 1 is 1.29 bits per heavy atom. The first-order valence-corrected chi connectivity index (χ1v) is 6.90. The first-order chi connectivity index (χ1) is 10.0. The van der Waals surface area contributed by atoms with E-state index in [1.165, 1.54) is 0 Å². The van der Waals surface area contributed by atoms with Gasteiger partial charge in [0, 0.05) is 12.1 Å². The lowest BCUT2D eigenvalue weighted by Crippen LogP contribution is -2.26. The highest BCUT2D eigenvalue weighted by Crippen LogP contribution is 2.21. The van der Waals surface area contributed by atoms with E-state index in [2.05, 4.69) is 0 Å². The van der Waals surface area contributed by atoms with Crippen LogP contribution in [0.3, 0.4) is 0 Å². The molecule has 112 valence electrons. The summed E-state index contributed by atoms with van der Waals surface area (Å²) in [5.74, 6) is 1.57. The van der Waals surface area contributed by atoms with Crippen molar-refractivity contribution in [2.75, 3.05) is 20.7 Å². The molecule has 1 heterocycles. The quantitative estimate of drug-likeness (QED) is 0.765. The van der Waals surface area contributed by atoms with Crippen molar-refractivity contribution in [2.24, 2.45) is 0 Å². The van der Waals surface area contributed by atoms with Gasteiger partial charge in [0.05, 0.1) is 25.5 Å². The summed E-state index contributed by atoms with van der Waals surface area (Å²) in [6, 6.07) is 7.57. The second-order valence-corrected chi connectivity index (χ2v) is 5.30. The van der Waals surface area contributed by atoms with Gasteiger partial charge in [-0.3, -0.25) is 9.69 Å². The standard InChI is InChI=1S/C17H21NO3/c1-12-5-6-15(17(9-12)20-4)16(19)11-18(3)10-14-7-8-21-13(14)2/h5-9H,10-11H2,1-4H3. The van der Waals surface area contributed by atoms with E-state index in [0.717, 1.165) is 16.9 Å². The molecule has 2 rings (SSSR count). The molecule has 0 atom stereocenters. The van der Waals surface area contributed by atoms with Crippen molar-refractivity contribution in [3.8, 4) is 5.75 Å². The van der Waals surface area contributed by atoms with E-state index in [9.17, 15) is 4.79 Å². The molecular formula is C17H21NO3. The minimum absolute atomic E-state index is 0.0514. The monoisotopic (exact) mass is 287 g/mol. The first kappa shape index (κ1) is 15.3. The number of methoxy groups -OCH3 is 1. The minimum Gasteiger partial charge on any atom is -0.496 e. The molecule has 1 aromatic carbocycles. The number of hydrogen-bond donors (Lipinski definition) is 0. The Morgan fingerprint density at radius 3 is 2.67 bits per heavy atom. The van der Waals surface area contributed by atoms with Crippen LogP contribution in [0.15, 0.2) is 34.9 Å². The average Bonchev–Trinajstić information content (AvgIpc) is 2.83. The number of hydrogen-bond acceptors (Lipinski definition) is 4. The van der Waals surface area contributed by atoms with Gasteiger partial charge in [-0.05, 0) is 44.7 Å². The summed E-state index contributed by atoms with van der Waals surface area (Å²) in [7, 11) is 3.51. The Balaban J connectivity index is 2.06. The number of furan rings is 1. The van der Waals surface area contributed by atoms with Crippen molar-refractivity contribution < 1.29 is 13.9 Å². The molecule has 4 nitrogen and oxygen atoms in total. The van der Waals surface area contributed by atoms with Gasteiger partial charge in [0.1, 0.15) is 11.5 Å². The molecule has 0 saturated heterocycles. The molecule has 4 heteroatoms. The number of nitrogens with zero attached hydrogens (tertiary/aromatic N) is 1. The third kappa shape index (κ3) is 3.73. The molecule has 0 N–H and O–H groups in total. The van der Waals surface area contributed by atoms with Gasteiger partial charge >= 0.3 is 0 Å². The Labute approximate surface area is 125 Å². The van der Waals surface area contributed by atoms with Crippen LogP contribution in [0.1, 0.15) is 27.2 Å². The lowest BCUT2D eigenvalue weighted by Gasteiger charge is -2.16. The Bertz CT molecular complexity index is 631. The highest BCUT2D eigenvalue weighted by atomic mass is 16.5. The van der Waals surface area contributed by atoms with Gasteiger partial charge in [-0.1, -0.05) is 6.07 Å². The van der Waals surface area contributed by atoms with Gasteiger partial charge in [-0.25, -0.2) is 0 Å². The zero-order chi connectivity index (χ0) is 15.4. The van der Waals surface area contributed by atoms with Gasteiger partial charge in [0.15, 0.2) is 5.78 Å². The summed E-state index contributed by atoms with van der Waals surface area (Å²) in [6.07, 6.45) is 1.67. The third-order valence-corrected chi connectivity index (χ3v) is 3.48. The fourth-order valence-electron chi connectivity index (χ4n) is 2.28. The number of aryl methyl sites for hydroxylation is 2. The third-order valence-electron chi connectivity index (χ3n) is 3.48. The van der Waals surface area contributed by atoms with E-state index in [0.29, 0.717) is 24.4 Å². The van der Waals surface area contributed by atoms with Crippen molar-refractivity contribution in [1.29, 1.82) is 0 Å². The number of ether oxygens (including phenoxy) is 1. The highest BCUT2D eigenvalue weighted by molar-refractivity contribution is 6.00. The Morgan fingerprint density at radius 2 is 2.05 bits per heavy atom. The molecule has 0 amide bonds. The molecular weight excluding hydrogens is 266 g/mol. The predicted molar refractivity (Wildman–Crippen MR) is 81.8 cm³/mol. The maximum absolute atomic E-state index is 12.4. The summed E-state index contributed by atoms with van der Waals surface area (Å²) in [4.78, 5) is 14.4. The van der Waals surface area contributed by atoms with Gasteiger partial charge in [0.2, 0.25) is 0 Å². The SMILES string of the molecule is COc1cc(C)ccc1C(=O)CN(C)Cc1ccoc1C. The van der Waals surface area contributed by atoms with E-state index in [4.69, 9.17) is 9.15 Å². The fraction of sp³-hybridized carbons (Fsp3) is 0.353. The van der Waals surface area contributed by atoms with E-state index in [-0.39, 0.29) is 5.78 Å². The van der Waals surface area contributed by atoms with Crippen LogP contribution in [0.2, 0.25) is 0 Å². The molecule has 0 aliphatic heterocycles. The molecule has 0 radical (unpaired) electrons. The number of rotatable bonds is 6. The summed E-state index contributed by atoms with van der Waals surface area (Å²) in [6.45, 7) is 4.92. The predicted octanol–water partition coefficient (Wildman–Crippen LogP) is 3.22. The number of carbonyl (C=O) groups excluding carboxylic acids is 1. The van der Waals surface area contributed by atoms with Gasteiger partial charge < -0.3 is 9.15 Å². The second kappa shape index (κ2) is 6.59.